The average Bonchev–Trinajstić information content (AvgIpc) is 2.01. The summed E-state index contributed by atoms with van der Waals surface area (Å²) in [5.74, 6) is -2.31. The van der Waals surface area contributed by atoms with E-state index in [0.717, 1.165) is 6.07 Å². The van der Waals surface area contributed by atoms with Crippen LogP contribution in [0.5, 0.6) is 5.75 Å². The average molecular weight is 184 g/mol. The molecule has 1 rings (SSSR count). The SMILES string of the molecule is Cc1cc(F)c(C)c(C(=O)O)c1O. The number of carboxylic acids is 1. The Bertz CT molecular complexity index is 345. The fraction of sp³-hybridized carbons (Fsp3) is 0.222. The first-order chi connectivity index (χ1) is 5.95. The molecule has 0 unspecified atom stereocenters. The van der Waals surface area contributed by atoms with E-state index >= 15 is 0 Å². The predicted octanol–water partition coefficient (Wildman–Crippen LogP) is 1.85. The molecule has 0 aliphatic carbocycles. The van der Waals surface area contributed by atoms with Gasteiger partial charge in [0.05, 0.1) is 0 Å². The third-order valence-corrected chi connectivity index (χ3v) is 1.90. The number of aryl methyl sites for hydroxylation is 1. The topological polar surface area (TPSA) is 57.5 Å². The third kappa shape index (κ3) is 1.47. The van der Waals surface area contributed by atoms with Gasteiger partial charge < -0.3 is 10.2 Å². The van der Waals surface area contributed by atoms with Crippen molar-refractivity contribution in [3.05, 3.63) is 28.6 Å². The van der Waals surface area contributed by atoms with E-state index in [1.165, 1.54) is 13.8 Å². The van der Waals surface area contributed by atoms with Gasteiger partial charge in [-0.05, 0) is 25.5 Å². The molecule has 2 N–H and O–H groups in total. The summed E-state index contributed by atoms with van der Waals surface area (Å²) in [6.45, 7) is 2.77. The van der Waals surface area contributed by atoms with Gasteiger partial charge in [0.15, 0.2) is 0 Å². The van der Waals surface area contributed by atoms with Crippen molar-refractivity contribution in [1.29, 1.82) is 0 Å². The van der Waals surface area contributed by atoms with Crippen LogP contribution < -0.4 is 0 Å². The van der Waals surface area contributed by atoms with Gasteiger partial charge in [0.1, 0.15) is 17.1 Å². The maximum absolute atomic E-state index is 13.0. The van der Waals surface area contributed by atoms with Gasteiger partial charge in [0.25, 0.3) is 0 Å². The number of hydrogen-bond donors (Lipinski definition) is 2. The largest absolute Gasteiger partial charge is 0.507 e. The van der Waals surface area contributed by atoms with Gasteiger partial charge in [-0.1, -0.05) is 0 Å². The van der Waals surface area contributed by atoms with E-state index in [1.54, 1.807) is 0 Å². The second-order valence-electron chi connectivity index (χ2n) is 2.83. The number of hydrogen-bond acceptors (Lipinski definition) is 2. The Labute approximate surface area is 74.4 Å². The summed E-state index contributed by atoms with van der Waals surface area (Å²) < 4.78 is 13.0. The Balaban J connectivity index is 3.56. The molecule has 0 amide bonds. The van der Waals surface area contributed by atoms with E-state index in [-0.39, 0.29) is 22.4 Å². The molecular weight excluding hydrogens is 175 g/mol. The molecule has 0 radical (unpaired) electrons. The van der Waals surface area contributed by atoms with Crippen LogP contribution in [0.25, 0.3) is 0 Å². The number of benzene rings is 1. The van der Waals surface area contributed by atoms with Crippen LogP contribution in [0, 0.1) is 19.7 Å². The minimum atomic E-state index is -1.32. The fourth-order valence-corrected chi connectivity index (χ4v) is 1.12. The molecule has 0 spiro atoms. The van der Waals surface area contributed by atoms with Crippen molar-refractivity contribution in [2.45, 2.75) is 13.8 Å². The Morgan fingerprint density at radius 3 is 2.46 bits per heavy atom. The number of aromatic hydroxyl groups is 1. The number of phenols is 1. The minimum Gasteiger partial charge on any atom is -0.507 e. The van der Waals surface area contributed by atoms with Crippen LogP contribution in [0.15, 0.2) is 6.07 Å². The quantitative estimate of drug-likeness (QED) is 0.700. The van der Waals surface area contributed by atoms with Gasteiger partial charge in [-0.2, -0.15) is 0 Å². The van der Waals surface area contributed by atoms with E-state index in [1.807, 2.05) is 0 Å². The summed E-state index contributed by atoms with van der Waals surface area (Å²) in [6.07, 6.45) is 0. The maximum atomic E-state index is 13.0. The lowest BCUT2D eigenvalue weighted by molar-refractivity contribution is 0.0692. The van der Waals surface area contributed by atoms with Crippen LogP contribution >= 0.6 is 0 Å². The molecule has 3 nitrogen and oxygen atoms in total. The highest BCUT2D eigenvalue weighted by molar-refractivity contribution is 5.93. The van der Waals surface area contributed by atoms with E-state index in [4.69, 9.17) is 5.11 Å². The summed E-state index contributed by atoms with van der Waals surface area (Å²) in [6, 6.07) is 1.11. The van der Waals surface area contributed by atoms with Gasteiger partial charge in [-0.15, -0.1) is 0 Å². The molecule has 0 saturated carbocycles. The Morgan fingerprint density at radius 1 is 1.46 bits per heavy atom. The van der Waals surface area contributed by atoms with Crippen molar-refractivity contribution in [3.8, 4) is 5.75 Å². The van der Waals surface area contributed by atoms with Gasteiger partial charge in [-0.3, -0.25) is 0 Å². The first-order valence-corrected chi connectivity index (χ1v) is 3.67. The smallest absolute Gasteiger partial charge is 0.339 e. The highest BCUT2D eigenvalue weighted by atomic mass is 19.1. The van der Waals surface area contributed by atoms with Crippen molar-refractivity contribution in [2.24, 2.45) is 0 Å². The first-order valence-electron chi connectivity index (χ1n) is 3.67. The number of carbonyl (C=O) groups is 1. The minimum absolute atomic E-state index is 0.0457. The third-order valence-electron chi connectivity index (χ3n) is 1.90. The van der Waals surface area contributed by atoms with Crippen LogP contribution in [-0.2, 0) is 0 Å². The molecule has 4 heteroatoms. The van der Waals surface area contributed by atoms with Crippen molar-refractivity contribution in [3.63, 3.8) is 0 Å². The second kappa shape index (κ2) is 3.05. The van der Waals surface area contributed by atoms with E-state index in [9.17, 15) is 14.3 Å². The molecule has 0 bridgehead atoms. The zero-order chi connectivity index (χ0) is 10.2. The lowest BCUT2D eigenvalue weighted by Gasteiger charge is -2.07. The van der Waals surface area contributed by atoms with Crippen LogP contribution in [0.3, 0.4) is 0 Å². The molecular formula is C9H9FO3. The maximum Gasteiger partial charge on any atom is 0.339 e. The van der Waals surface area contributed by atoms with Crippen molar-refractivity contribution < 1.29 is 19.4 Å². The van der Waals surface area contributed by atoms with Crippen LogP contribution in [0.2, 0.25) is 0 Å². The second-order valence-corrected chi connectivity index (χ2v) is 2.83. The Kier molecular flexibility index (Phi) is 2.23. The summed E-state index contributed by atoms with van der Waals surface area (Å²) in [5.41, 5.74) is -0.186. The molecule has 0 aromatic heterocycles. The Hall–Kier alpha value is -1.58. The van der Waals surface area contributed by atoms with Gasteiger partial charge in [0, 0.05) is 5.56 Å². The molecule has 0 atom stereocenters. The molecule has 70 valence electrons. The number of rotatable bonds is 1. The van der Waals surface area contributed by atoms with E-state index < -0.39 is 11.8 Å². The predicted molar refractivity (Wildman–Crippen MR) is 44.5 cm³/mol. The number of halogens is 1. The van der Waals surface area contributed by atoms with E-state index in [0.29, 0.717) is 0 Å². The summed E-state index contributed by atoms with van der Waals surface area (Å²) in [7, 11) is 0. The lowest BCUT2D eigenvalue weighted by atomic mass is 10.0. The first kappa shape index (κ1) is 9.51. The van der Waals surface area contributed by atoms with Crippen LogP contribution in [0.4, 0.5) is 4.39 Å². The summed E-state index contributed by atoms with van der Waals surface area (Å²) in [4.78, 5) is 10.6. The number of aromatic carboxylic acids is 1. The highest BCUT2D eigenvalue weighted by Gasteiger charge is 2.18. The zero-order valence-corrected chi connectivity index (χ0v) is 7.26. The number of carboxylic acid groups (broad SMARTS) is 1. The lowest BCUT2D eigenvalue weighted by Crippen LogP contribution is -2.03. The standard InChI is InChI=1S/C9H9FO3/c1-4-3-6(10)5(2)7(8(4)11)9(12)13/h3,11H,1-2H3,(H,12,13). The summed E-state index contributed by atoms with van der Waals surface area (Å²) in [5, 5.41) is 18.0. The monoisotopic (exact) mass is 184 g/mol. The van der Waals surface area contributed by atoms with Gasteiger partial charge >= 0.3 is 5.97 Å². The van der Waals surface area contributed by atoms with Crippen molar-refractivity contribution in [1.82, 2.24) is 0 Å². The molecule has 0 fully saturated rings. The fourth-order valence-electron chi connectivity index (χ4n) is 1.12. The molecule has 0 heterocycles. The zero-order valence-electron chi connectivity index (χ0n) is 7.26. The van der Waals surface area contributed by atoms with Gasteiger partial charge in [-0.25, -0.2) is 9.18 Å². The molecule has 1 aromatic rings. The van der Waals surface area contributed by atoms with Crippen LogP contribution in [-0.4, -0.2) is 16.2 Å². The Morgan fingerprint density at radius 2 is 2.00 bits per heavy atom. The molecule has 0 saturated heterocycles. The van der Waals surface area contributed by atoms with Crippen LogP contribution in [0.1, 0.15) is 21.5 Å². The van der Waals surface area contributed by atoms with E-state index in [2.05, 4.69) is 0 Å². The molecule has 13 heavy (non-hydrogen) atoms. The molecule has 0 aliphatic rings. The van der Waals surface area contributed by atoms with Crippen molar-refractivity contribution >= 4 is 5.97 Å². The normalized spacial score (nSPS) is 10.1. The summed E-state index contributed by atoms with van der Waals surface area (Å²) >= 11 is 0. The molecule has 1 aromatic carbocycles. The van der Waals surface area contributed by atoms with Crippen molar-refractivity contribution in [2.75, 3.05) is 0 Å². The highest BCUT2D eigenvalue weighted by Crippen LogP contribution is 2.27. The van der Waals surface area contributed by atoms with Gasteiger partial charge in [0.2, 0.25) is 0 Å². The molecule has 0 aliphatic heterocycles.